The third kappa shape index (κ3) is 4.37. The summed E-state index contributed by atoms with van der Waals surface area (Å²) in [5.74, 6) is 0.161. The molecule has 1 aliphatic heterocycles. The molecule has 0 spiro atoms. The smallest absolute Gasteiger partial charge is 0.351 e. The standard InChI is InChI=1S/C28H28N4O3/c29-25-16-17-32(27(34)30-25)26-18-23(24(19-33)35-26)31-28(20-10-4-1-5-11-20,21-12-6-2-7-13-21)22-14-8-3-9-15-22/h1-17,23-24,26,31,33H,18-19H2,(H2,29,30,34)/t23-,24+,26+/m0/s1. The number of rotatable bonds is 7. The summed E-state index contributed by atoms with van der Waals surface area (Å²) >= 11 is 0. The minimum atomic E-state index is -0.718. The van der Waals surface area contributed by atoms with Gasteiger partial charge in [0.15, 0.2) is 0 Å². The van der Waals surface area contributed by atoms with Gasteiger partial charge >= 0.3 is 5.69 Å². The lowest BCUT2D eigenvalue weighted by molar-refractivity contribution is -0.0299. The second kappa shape index (κ2) is 9.84. The summed E-state index contributed by atoms with van der Waals surface area (Å²) in [4.78, 5) is 16.3. The van der Waals surface area contributed by atoms with E-state index < -0.39 is 23.6 Å². The summed E-state index contributed by atoms with van der Waals surface area (Å²) in [6, 6.07) is 32.0. The molecule has 4 N–H and O–H groups in total. The van der Waals surface area contributed by atoms with Crippen molar-refractivity contribution in [3.63, 3.8) is 0 Å². The lowest BCUT2D eigenvalue weighted by Crippen LogP contribution is -2.53. The second-order valence-electron chi connectivity index (χ2n) is 8.69. The Balaban J connectivity index is 1.61. The van der Waals surface area contributed by atoms with Crippen LogP contribution in [0.5, 0.6) is 0 Å². The molecule has 3 aromatic carbocycles. The number of aliphatic hydroxyl groups excluding tert-OH is 1. The van der Waals surface area contributed by atoms with Crippen LogP contribution in [0.2, 0.25) is 0 Å². The summed E-state index contributed by atoms with van der Waals surface area (Å²) < 4.78 is 7.58. The summed E-state index contributed by atoms with van der Waals surface area (Å²) in [5.41, 5.74) is 7.65. The average Bonchev–Trinajstić information content (AvgIpc) is 3.31. The Morgan fingerprint density at radius 3 is 1.89 bits per heavy atom. The average molecular weight is 469 g/mol. The third-order valence-corrected chi connectivity index (χ3v) is 6.60. The Morgan fingerprint density at radius 1 is 0.914 bits per heavy atom. The van der Waals surface area contributed by atoms with Gasteiger partial charge in [-0.25, -0.2) is 4.79 Å². The van der Waals surface area contributed by atoms with Gasteiger partial charge in [-0.3, -0.25) is 9.88 Å². The van der Waals surface area contributed by atoms with E-state index >= 15 is 0 Å². The van der Waals surface area contributed by atoms with Gasteiger partial charge in [-0.2, -0.15) is 4.98 Å². The van der Waals surface area contributed by atoms with Crippen LogP contribution in [0.4, 0.5) is 5.82 Å². The molecule has 5 rings (SSSR count). The molecule has 0 amide bonds. The first kappa shape index (κ1) is 23.0. The van der Waals surface area contributed by atoms with E-state index in [-0.39, 0.29) is 18.5 Å². The van der Waals surface area contributed by atoms with Gasteiger partial charge < -0.3 is 15.6 Å². The molecule has 7 heteroatoms. The highest BCUT2D eigenvalue weighted by atomic mass is 16.5. The quantitative estimate of drug-likeness (QED) is 0.360. The third-order valence-electron chi connectivity index (χ3n) is 6.60. The van der Waals surface area contributed by atoms with Crippen molar-refractivity contribution >= 4 is 5.82 Å². The van der Waals surface area contributed by atoms with Crippen molar-refractivity contribution < 1.29 is 9.84 Å². The molecule has 1 aromatic heterocycles. The number of aliphatic hydroxyl groups is 1. The van der Waals surface area contributed by atoms with Gasteiger partial charge in [-0.05, 0) is 22.8 Å². The van der Waals surface area contributed by atoms with Crippen LogP contribution in [0, 0.1) is 0 Å². The SMILES string of the molecule is Nc1ccn([C@H]2C[C@H](NC(c3ccccc3)(c3ccccc3)c3ccccc3)[C@@H](CO)O2)c(=O)n1. The Hall–Kier alpha value is -3.78. The molecule has 0 aliphatic carbocycles. The maximum Gasteiger partial charge on any atom is 0.351 e. The zero-order valence-electron chi connectivity index (χ0n) is 19.2. The normalized spacial score (nSPS) is 20.1. The maximum atomic E-state index is 12.5. The monoisotopic (exact) mass is 468 g/mol. The molecule has 4 aromatic rings. The maximum absolute atomic E-state index is 12.5. The van der Waals surface area contributed by atoms with Crippen LogP contribution in [0.25, 0.3) is 0 Å². The molecule has 1 aliphatic rings. The fourth-order valence-electron chi connectivity index (χ4n) is 4.96. The number of nitrogens with one attached hydrogen (secondary N) is 1. The first-order valence-electron chi connectivity index (χ1n) is 11.7. The number of hydrogen-bond donors (Lipinski definition) is 3. The molecule has 0 saturated carbocycles. The van der Waals surface area contributed by atoms with E-state index in [2.05, 4.69) is 46.7 Å². The molecular formula is C28H28N4O3. The predicted octanol–water partition coefficient (Wildman–Crippen LogP) is 3.06. The molecule has 35 heavy (non-hydrogen) atoms. The zero-order chi connectivity index (χ0) is 24.3. The number of nitrogen functional groups attached to an aromatic ring is 1. The first-order chi connectivity index (χ1) is 17.1. The predicted molar refractivity (Wildman–Crippen MR) is 135 cm³/mol. The zero-order valence-corrected chi connectivity index (χ0v) is 19.2. The summed E-state index contributed by atoms with van der Waals surface area (Å²) in [6.07, 6.45) is 0.945. The van der Waals surface area contributed by atoms with E-state index in [9.17, 15) is 9.90 Å². The van der Waals surface area contributed by atoms with Gasteiger partial charge in [-0.1, -0.05) is 91.0 Å². The molecule has 0 bridgehead atoms. The summed E-state index contributed by atoms with van der Waals surface area (Å²) in [7, 11) is 0. The van der Waals surface area contributed by atoms with Crippen LogP contribution < -0.4 is 16.7 Å². The van der Waals surface area contributed by atoms with Gasteiger partial charge in [0.2, 0.25) is 0 Å². The number of benzene rings is 3. The minimum Gasteiger partial charge on any atom is -0.394 e. The minimum absolute atomic E-state index is 0.161. The fourth-order valence-corrected chi connectivity index (χ4v) is 4.96. The van der Waals surface area contributed by atoms with E-state index in [0.717, 1.165) is 16.7 Å². The number of ether oxygens (including phenoxy) is 1. The van der Waals surface area contributed by atoms with Crippen molar-refractivity contribution in [2.24, 2.45) is 0 Å². The van der Waals surface area contributed by atoms with Gasteiger partial charge in [0.1, 0.15) is 12.0 Å². The molecule has 0 radical (unpaired) electrons. The highest BCUT2D eigenvalue weighted by Gasteiger charge is 2.44. The molecule has 178 valence electrons. The topological polar surface area (TPSA) is 102 Å². The molecule has 2 heterocycles. The summed E-state index contributed by atoms with van der Waals surface area (Å²) in [5, 5.41) is 14.1. The molecule has 3 atom stereocenters. The van der Waals surface area contributed by atoms with E-state index in [0.29, 0.717) is 6.42 Å². The van der Waals surface area contributed by atoms with Crippen molar-refractivity contribution in [1.29, 1.82) is 0 Å². The number of hydrogen-bond acceptors (Lipinski definition) is 6. The van der Waals surface area contributed by atoms with E-state index in [1.165, 1.54) is 4.57 Å². The van der Waals surface area contributed by atoms with Crippen LogP contribution in [0.15, 0.2) is 108 Å². The molecule has 7 nitrogen and oxygen atoms in total. The van der Waals surface area contributed by atoms with Crippen molar-refractivity contribution in [3.8, 4) is 0 Å². The van der Waals surface area contributed by atoms with Crippen molar-refractivity contribution in [3.05, 3.63) is 130 Å². The fraction of sp³-hybridized carbons (Fsp3) is 0.214. The van der Waals surface area contributed by atoms with Gasteiger partial charge in [0, 0.05) is 18.7 Å². The lowest BCUT2D eigenvalue weighted by Gasteiger charge is -2.40. The van der Waals surface area contributed by atoms with Crippen LogP contribution in [-0.4, -0.2) is 33.4 Å². The molecule has 0 unspecified atom stereocenters. The Bertz CT molecular complexity index is 1220. The van der Waals surface area contributed by atoms with Crippen LogP contribution in [0.3, 0.4) is 0 Å². The van der Waals surface area contributed by atoms with E-state index in [4.69, 9.17) is 10.5 Å². The Labute approximate surface area is 203 Å². The van der Waals surface area contributed by atoms with Crippen molar-refractivity contribution in [2.75, 3.05) is 12.3 Å². The highest BCUT2D eigenvalue weighted by Crippen LogP contribution is 2.40. The Morgan fingerprint density at radius 2 is 1.43 bits per heavy atom. The largest absolute Gasteiger partial charge is 0.394 e. The van der Waals surface area contributed by atoms with E-state index in [1.54, 1.807) is 12.3 Å². The van der Waals surface area contributed by atoms with Crippen molar-refractivity contribution in [1.82, 2.24) is 14.9 Å². The van der Waals surface area contributed by atoms with Crippen LogP contribution >= 0.6 is 0 Å². The van der Waals surface area contributed by atoms with Gasteiger partial charge in [0.05, 0.1) is 18.2 Å². The van der Waals surface area contributed by atoms with E-state index in [1.807, 2.05) is 54.6 Å². The lowest BCUT2D eigenvalue weighted by atomic mass is 9.76. The highest BCUT2D eigenvalue weighted by molar-refractivity contribution is 5.49. The molecule has 1 fully saturated rings. The number of anilines is 1. The first-order valence-corrected chi connectivity index (χ1v) is 11.7. The number of nitrogens with two attached hydrogens (primary N) is 1. The number of aromatic nitrogens is 2. The van der Waals surface area contributed by atoms with Gasteiger partial charge in [-0.15, -0.1) is 0 Å². The second-order valence-corrected chi connectivity index (χ2v) is 8.69. The van der Waals surface area contributed by atoms with Crippen LogP contribution in [-0.2, 0) is 10.3 Å². The molecular weight excluding hydrogens is 440 g/mol. The number of nitrogens with zero attached hydrogens (tertiary/aromatic N) is 2. The van der Waals surface area contributed by atoms with Gasteiger partial charge in [0.25, 0.3) is 0 Å². The van der Waals surface area contributed by atoms with Crippen LogP contribution in [0.1, 0.15) is 29.3 Å². The Kier molecular flexibility index (Phi) is 6.46. The van der Waals surface area contributed by atoms with Crippen molar-refractivity contribution in [2.45, 2.75) is 30.3 Å². The summed E-state index contributed by atoms with van der Waals surface area (Å²) in [6.45, 7) is -0.195. The molecule has 1 saturated heterocycles.